The fourth-order valence-corrected chi connectivity index (χ4v) is 4.71. The predicted octanol–water partition coefficient (Wildman–Crippen LogP) is 4.29. The van der Waals surface area contributed by atoms with Gasteiger partial charge in [-0.05, 0) is 44.2 Å². The molecule has 1 aromatic carbocycles. The van der Waals surface area contributed by atoms with Crippen LogP contribution in [0.15, 0.2) is 47.0 Å². The number of nitrogens with zero attached hydrogens (tertiary/aromatic N) is 3. The second-order valence-electron chi connectivity index (χ2n) is 7.82. The Hall–Kier alpha value is -3.56. The zero-order chi connectivity index (χ0) is 22.9. The van der Waals surface area contributed by atoms with Gasteiger partial charge in [-0.1, -0.05) is 17.3 Å². The molecule has 1 saturated heterocycles. The number of carbonyl (C=O) groups is 2. The van der Waals surface area contributed by atoms with Gasteiger partial charge in [0, 0.05) is 18.0 Å². The maximum absolute atomic E-state index is 13.5. The molecule has 33 heavy (non-hydrogen) atoms. The Morgan fingerprint density at radius 1 is 1.06 bits per heavy atom. The summed E-state index contributed by atoms with van der Waals surface area (Å²) in [6.07, 6.45) is 0. The summed E-state index contributed by atoms with van der Waals surface area (Å²) in [4.78, 5) is 34.9. The van der Waals surface area contributed by atoms with Gasteiger partial charge in [0.15, 0.2) is 0 Å². The van der Waals surface area contributed by atoms with Crippen molar-refractivity contribution in [1.29, 1.82) is 0 Å². The van der Waals surface area contributed by atoms with Crippen LogP contribution in [0.1, 0.15) is 31.3 Å². The molecule has 0 unspecified atom stereocenters. The smallest absolute Gasteiger partial charge is 0.259 e. The predicted molar refractivity (Wildman–Crippen MR) is 126 cm³/mol. The Labute approximate surface area is 194 Å². The maximum Gasteiger partial charge on any atom is 0.259 e. The molecule has 0 spiro atoms. The van der Waals surface area contributed by atoms with E-state index in [0.717, 1.165) is 9.75 Å². The van der Waals surface area contributed by atoms with Crippen molar-refractivity contribution >= 4 is 39.9 Å². The lowest BCUT2D eigenvalue weighted by atomic mass is 10.1. The third kappa shape index (κ3) is 4.12. The number of rotatable bonds is 4. The molecule has 5 rings (SSSR count). The van der Waals surface area contributed by atoms with Crippen LogP contribution in [0.4, 0.5) is 5.69 Å². The van der Waals surface area contributed by atoms with Gasteiger partial charge < -0.3 is 19.5 Å². The number of hydrogen-bond donors (Lipinski definition) is 1. The summed E-state index contributed by atoms with van der Waals surface area (Å²) in [6.45, 7) is 5.85. The van der Waals surface area contributed by atoms with Crippen LogP contribution in [-0.2, 0) is 4.74 Å². The number of benzene rings is 1. The molecule has 0 atom stereocenters. The molecule has 4 aromatic rings. The molecule has 2 amide bonds. The number of hydrogen-bond acceptors (Lipinski definition) is 7. The Bertz CT molecular complexity index is 1350. The molecule has 168 valence electrons. The van der Waals surface area contributed by atoms with Gasteiger partial charge >= 0.3 is 0 Å². The molecular weight excluding hydrogens is 440 g/mol. The second-order valence-corrected chi connectivity index (χ2v) is 9.11. The van der Waals surface area contributed by atoms with Gasteiger partial charge in [0.25, 0.3) is 17.5 Å². The summed E-state index contributed by atoms with van der Waals surface area (Å²) in [7, 11) is 0. The molecule has 9 heteroatoms. The van der Waals surface area contributed by atoms with Crippen molar-refractivity contribution in [3.8, 4) is 10.6 Å². The molecule has 4 heterocycles. The minimum Gasteiger partial charge on any atom is -0.378 e. The average Bonchev–Trinajstić information content (AvgIpc) is 3.44. The first-order valence-corrected chi connectivity index (χ1v) is 11.4. The Balaban J connectivity index is 1.51. The normalized spacial score (nSPS) is 13.9. The van der Waals surface area contributed by atoms with E-state index in [-0.39, 0.29) is 11.8 Å². The Morgan fingerprint density at radius 2 is 1.85 bits per heavy atom. The number of nitrogens with one attached hydrogen (secondary N) is 1. The molecule has 1 N–H and O–H groups in total. The molecule has 8 nitrogen and oxygen atoms in total. The fraction of sp³-hybridized carbons (Fsp3) is 0.250. The highest BCUT2D eigenvalue weighted by molar-refractivity contribution is 7.15. The van der Waals surface area contributed by atoms with Gasteiger partial charge in [-0.2, -0.15) is 0 Å². The number of amides is 2. The summed E-state index contributed by atoms with van der Waals surface area (Å²) >= 11 is 1.59. The summed E-state index contributed by atoms with van der Waals surface area (Å²) < 4.78 is 10.7. The van der Waals surface area contributed by atoms with Crippen molar-refractivity contribution in [3.63, 3.8) is 0 Å². The molecule has 0 radical (unpaired) electrons. The summed E-state index contributed by atoms with van der Waals surface area (Å²) in [5.74, 6) is -0.490. The number of thiophene rings is 1. The molecule has 0 saturated carbocycles. The van der Waals surface area contributed by atoms with Gasteiger partial charge in [-0.25, -0.2) is 4.98 Å². The largest absolute Gasteiger partial charge is 0.378 e. The fourth-order valence-electron chi connectivity index (χ4n) is 3.88. The number of para-hydroxylation sites is 1. The maximum atomic E-state index is 13.5. The van der Waals surface area contributed by atoms with Gasteiger partial charge in [0.05, 0.1) is 51.7 Å². The zero-order valence-electron chi connectivity index (χ0n) is 18.3. The molecule has 0 aliphatic carbocycles. The number of fused-ring (bicyclic) bond motifs is 1. The zero-order valence-corrected chi connectivity index (χ0v) is 19.1. The molecule has 1 fully saturated rings. The van der Waals surface area contributed by atoms with Crippen LogP contribution in [0, 0.1) is 13.8 Å². The number of pyridine rings is 1. The third-order valence-corrected chi connectivity index (χ3v) is 6.58. The standard InChI is InChI=1S/C24H22N4O4S/c1-14-7-8-20(33-14)19-13-17(21-15(2)27-32-23(21)26-19)22(29)25-18-6-4-3-5-16(18)24(30)28-9-11-31-12-10-28/h3-8,13H,9-12H2,1-2H3,(H,25,29). The molecule has 3 aromatic heterocycles. The van der Waals surface area contributed by atoms with Gasteiger partial charge in [-0.3, -0.25) is 9.59 Å². The number of carbonyl (C=O) groups excluding carboxylic acids is 2. The SMILES string of the molecule is Cc1ccc(-c2cc(C(=O)Nc3ccccc3C(=O)N3CCOCC3)c3c(C)noc3n2)s1. The summed E-state index contributed by atoms with van der Waals surface area (Å²) in [5, 5.41) is 7.49. The highest BCUT2D eigenvalue weighted by Crippen LogP contribution is 2.31. The van der Waals surface area contributed by atoms with Crippen LogP contribution in [0.25, 0.3) is 21.7 Å². The lowest BCUT2D eigenvalue weighted by Gasteiger charge is -2.27. The van der Waals surface area contributed by atoms with Crippen molar-refractivity contribution in [2.24, 2.45) is 0 Å². The van der Waals surface area contributed by atoms with E-state index in [1.54, 1.807) is 53.5 Å². The van der Waals surface area contributed by atoms with Crippen LogP contribution in [0.3, 0.4) is 0 Å². The van der Waals surface area contributed by atoms with Gasteiger partial charge in [0.1, 0.15) is 0 Å². The molecule has 1 aliphatic heterocycles. The van der Waals surface area contributed by atoms with Crippen LogP contribution in [-0.4, -0.2) is 53.2 Å². The number of morpholine rings is 1. The molecular formula is C24H22N4O4S. The Kier molecular flexibility index (Phi) is 5.65. The first-order valence-electron chi connectivity index (χ1n) is 10.6. The van der Waals surface area contributed by atoms with E-state index >= 15 is 0 Å². The first kappa shape index (κ1) is 21.3. The summed E-state index contributed by atoms with van der Waals surface area (Å²) in [5.41, 5.74) is 2.81. The van der Waals surface area contributed by atoms with E-state index in [9.17, 15) is 9.59 Å². The van der Waals surface area contributed by atoms with Crippen LogP contribution < -0.4 is 5.32 Å². The minimum atomic E-state index is -0.356. The quantitative estimate of drug-likeness (QED) is 0.486. The molecule has 0 bridgehead atoms. The first-order chi connectivity index (χ1) is 16.0. The van der Waals surface area contributed by atoms with Gasteiger partial charge in [-0.15, -0.1) is 11.3 Å². The average molecular weight is 463 g/mol. The number of ether oxygens (including phenoxy) is 1. The van der Waals surface area contributed by atoms with Crippen LogP contribution in [0.2, 0.25) is 0 Å². The monoisotopic (exact) mass is 462 g/mol. The van der Waals surface area contributed by atoms with Crippen LogP contribution >= 0.6 is 11.3 Å². The van der Waals surface area contributed by atoms with E-state index in [1.807, 2.05) is 19.1 Å². The summed E-state index contributed by atoms with van der Waals surface area (Å²) in [6, 6.07) is 12.8. The van der Waals surface area contributed by atoms with E-state index in [1.165, 1.54) is 0 Å². The van der Waals surface area contributed by atoms with Gasteiger partial charge in [0.2, 0.25) is 0 Å². The topological polar surface area (TPSA) is 97.6 Å². The van der Waals surface area contributed by atoms with Crippen molar-refractivity contribution in [1.82, 2.24) is 15.0 Å². The van der Waals surface area contributed by atoms with Crippen molar-refractivity contribution in [2.45, 2.75) is 13.8 Å². The molecule has 1 aliphatic rings. The van der Waals surface area contributed by atoms with Crippen molar-refractivity contribution in [2.75, 3.05) is 31.6 Å². The lowest BCUT2D eigenvalue weighted by molar-refractivity contribution is 0.0303. The number of aromatic nitrogens is 2. The number of anilines is 1. The Morgan fingerprint density at radius 3 is 2.61 bits per heavy atom. The third-order valence-electron chi connectivity index (χ3n) is 5.56. The highest BCUT2D eigenvalue weighted by Gasteiger charge is 2.24. The second kappa shape index (κ2) is 8.76. The highest BCUT2D eigenvalue weighted by atomic mass is 32.1. The van der Waals surface area contributed by atoms with Crippen molar-refractivity contribution < 1.29 is 18.8 Å². The lowest BCUT2D eigenvalue weighted by Crippen LogP contribution is -2.41. The van der Waals surface area contributed by atoms with E-state index < -0.39 is 0 Å². The van der Waals surface area contributed by atoms with Crippen LogP contribution in [0.5, 0.6) is 0 Å². The van der Waals surface area contributed by atoms with E-state index in [2.05, 4.69) is 15.5 Å². The minimum absolute atomic E-state index is 0.134. The number of aryl methyl sites for hydroxylation is 2. The van der Waals surface area contributed by atoms with Crippen molar-refractivity contribution in [3.05, 3.63) is 64.2 Å². The van der Waals surface area contributed by atoms with E-state index in [0.29, 0.717) is 65.6 Å². The van der Waals surface area contributed by atoms with E-state index in [4.69, 9.17) is 9.26 Å².